The lowest BCUT2D eigenvalue weighted by atomic mass is 9.93. The van der Waals surface area contributed by atoms with Gasteiger partial charge in [-0.3, -0.25) is 10.1 Å². The Morgan fingerprint density at radius 3 is 2.32 bits per heavy atom. The van der Waals surface area contributed by atoms with Crippen molar-refractivity contribution in [1.82, 2.24) is 15.6 Å². The number of fused-ring (bicyclic) bond motifs is 1. The number of carboxylic acid groups (broad SMARTS) is 1. The van der Waals surface area contributed by atoms with E-state index in [2.05, 4.69) is 15.6 Å². The summed E-state index contributed by atoms with van der Waals surface area (Å²) in [5.74, 6) is -1.92. The van der Waals surface area contributed by atoms with E-state index in [0.717, 1.165) is 0 Å². The van der Waals surface area contributed by atoms with Crippen molar-refractivity contribution in [2.24, 2.45) is 0 Å². The van der Waals surface area contributed by atoms with Crippen molar-refractivity contribution in [3.63, 3.8) is 0 Å². The maximum Gasteiger partial charge on any atom is 0.352 e. The molecule has 1 aromatic heterocycles. The number of H-pyrrole nitrogens is 1. The number of hydrogen-bond donors (Lipinski definition) is 4. The number of aromatic nitrogens is 1. The van der Waals surface area contributed by atoms with Gasteiger partial charge in [0, 0.05) is 27.1 Å². The number of halogens is 2. The van der Waals surface area contributed by atoms with E-state index in [1.807, 2.05) is 0 Å². The van der Waals surface area contributed by atoms with Gasteiger partial charge in [-0.1, -0.05) is 53.5 Å². The molecule has 0 atom stereocenters. The number of aromatic carboxylic acids is 1. The lowest BCUT2D eigenvalue weighted by Gasteiger charge is -2.12. The lowest BCUT2D eigenvalue weighted by Crippen LogP contribution is -2.22. The maximum atomic E-state index is 12.4. The van der Waals surface area contributed by atoms with Gasteiger partial charge in [0.25, 0.3) is 5.91 Å². The zero-order chi connectivity index (χ0) is 20.0. The quantitative estimate of drug-likeness (QED) is 0.385. The second-order valence-corrected chi connectivity index (χ2v) is 6.86. The highest BCUT2D eigenvalue weighted by Crippen LogP contribution is 2.40. The van der Waals surface area contributed by atoms with E-state index in [0.29, 0.717) is 21.5 Å². The number of imide groups is 1. The van der Waals surface area contributed by atoms with Crippen LogP contribution in [0.3, 0.4) is 0 Å². The molecule has 140 valence electrons. The molecule has 0 aliphatic carbocycles. The number of amides is 3. The molecular formula is C19H11Cl2N3O4. The Labute approximate surface area is 167 Å². The Balaban J connectivity index is 2.17. The van der Waals surface area contributed by atoms with E-state index in [4.69, 9.17) is 23.2 Å². The minimum atomic E-state index is -1.25. The van der Waals surface area contributed by atoms with Crippen molar-refractivity contribution < 1.29 is 19.5 Å². The van der Waals surface area contributed by atoms with Crippen molar-refractivity contribution in [3.8, 4) is 0 Å². The van der Waals surface area contributed by atoms with Crippen LogP contribution in [0.1, 0.15) is 21.6 Å². The van der Waals surface area contributed by atoms with Crippen molar-refractivity contribution in [2.45, 2.75) is 0 Å². The van der Waals surface area contributed by atoms with Crippen molar-refractivity contribution >= 4 is 57.6 Å². The van der Waals surface area contributed by atoms with Gasteiger partial charge in [-0.15, -0.1) is 0 Å². The zero-order valence-electron chi connectivity index (χ0n) is 14.0. The first kappa shape index (κ1) is 18.1. The number of benzene rings is 2. The molecule has 2 heterocycles. The van der Waals surface area contributed by atoms with Gasteiger partial charge in [-0.05, 0) is 17.7 Å². The maximum absolute atomic E-state index is 12.4. The highest BCUT2D eigenvalue weighted by Gasteiger charge is 2.32. The third-order valence-electron chi connectivity index (χ3n) is 4.28. The number of aromatic amines is 1. The Bertz CT molecular complexity index is 1200. The van der Waals surface area contributed by atoms with E-state index in [9.17, 15) is 19.5 Å². The Morgan fingerprint density at radius 1 is 1.00 bits per heavy atom. The molecule has 2 aromatic carbocycles. The summed E-state index contributed by atoms with van der Waals surface area (Å²) in [6.07, 6.45) is 0. The van der Waals surface area contributed by atoms with Crippen LogP contribution in [0, 0.1) is 0 Å². The molecule has 3 amide bonds. The number of rotatable bonds is 3. The van der Waals surface area contributed by atoms with Crippen molar-refractivity contribution in [3.05, 3.63) is 75.0 Å². The molecule has 28 heavy (non-hydrogen) atoms. The predicted molar refractivity (Wildman–Crippen MR) is 104 cm³/mol. The monoisotopic (exact) mass is 415 g/mol. The molecule has 9 heteroatoms. The molecule has 3 aromatic rings. The fourth-order valence-corrected chi connectivity index (χ4v) is 3.81. The highest BCUT2D eigenvalue weighted by atomic mass is 35.5. The second kappa shape index (κ2) is 6.70. The molecule has 4 N–H and O–H groups in total. The van der Waals surface area contributed by atoms with E-state index < -0.39 is 17.9 Å². The lowest BCUT2D eigenvalue weighted by molar-refractivity contribution is -0.115. The molecule has 4 rings (SSSR count). The van der Waals surface area contributed by atoms with Crippen LogP contribution in [0.15, 0.2) is 48.2 Å². The molecule has 1 saturated heterocycles. The average molecular weight is 416 g/mol. The Morgan fingerprint density at radius 2 is 1.71 bits per heavy atom. The summed E-state index contributed by atoms with van der Waals surface area (Å²) in [5.41, 5.74) is 1.09. The van der Waals surface area contributed by atoms with Gasteiger partial charge in [0.15, 0.2) is 0 Å². The standard InChI is InChI=1S/C19H11Cl2N3O4/c20-9-6-10(21)13-11(7-9)22-16(18(26)27)14(13)12(8-4-2-1-3-5-8)15-17(25)24-19(28)23-15/h1-7,22H,(H,26,27)(H2,23,24,25,28). The van der Waals surface area contributed by atoms with Crippen LogP contribution in [0.4, 0.5) is 4.79 Å². The van der Waals surface area contributed by atoms with Gasteiger partial charge >= 0.3 is 12.0 Å². The zero-order valence-corrected chi connectivity index (χ0v) is 15.5. The van der Waals surface area contributed by atoms with Crippen molar-refractivity contribution in [1.29, 1.82) is 0 Å². The normalized spacial score (nSPS) is 15.5. The third kappa shape index (κ3) is 2.90. The van der Waals surface area contributed by atoms with E-state index in [-0.39, 0.29) is 27.6 Å². The highest BCUT2D eigenvalue weighted by molar-refractivity contribution is 6.39. The Kier molecular flexibility index (Phi) is 4.33. The SMILES string of the molecule is O=C1NC(=O)C(=C(c2ccccc2)c2c(C(=O)O)[nH]c3cc(Cl)cc(Cl)c23)N1. The largest absolute Gasteiger partial charge is 0.477 e. The molecular weight excluding hydrogens is 405 g/mol. The molecule has 1 aliphatic rings. The van der Waals surface area contributed by atoms with Crippen LogP contribution in [0.2, 0.25) is 10.0 Å². The number of nitrogens with one attached hydrogen (secondary N) is 3. The number of carboxylic acids is 1. The first-order valence-corrected chi connectivity index (χ1v) is 8.79. The number of urea groups is 1. The summed E-state index contributed by atoms with van der Waals surface area (Å²) in [6.45, 7) is 0. The summed E-state index contributed by atoms with van der Waals surface area (Å²) in [7, 11) is 0. The smallest absolute Gasteiger partial charge is 0.352 e. The molecule has 0 bridgehead atoms. The van der Waals surface area contributed by atoms with Crippen LogP contribution in [0.25, 0.3) is 16.5 Å². The first-order chi connectivity index (χ1) is 13.4. The van der Waals surface area contributed by atoms with E-state index in [1.54, 1.807) is 36.4 Å². The fourth-order valence-electron chi connectivity index (χ4n) is 3.22. The number of carbonyl (C=O) groups excluding carboxylic acids is 2. The van der Waals surface area contributed by atoms with Crippen LogP contribution in [0.5, 0.6) is 0 Å². The minimum absolute atomic E-state index is 0.0642. The van der Waals surface area contributed by atoms with Crippen LogP contribution < -0.4 is 10.6 Å². The fraction of sp³-hybridized carbons (Fsp3) is 0. The predicted octanol–water partition coefficient (Wildman–Crippen LogP) is 3.77. The number of carbonyl (C=O) groups is 3. The average Bonchev–Trinajstić information content (AvgIpc) is 3.17. The molecule has 7 nitrogen and oxygen atoms in total. The van der Waals surface area contributed by atoms with Gasteiger partial charge in [-0.25, -0.2) is 9.59 Å². The van der Waals surface area contributed by atoms with Gasteiger partial charge in [0.2, 0.25) is 0 Å². The summed E-state index contributed by atoms with van der Waals surface area (Å²) in [4.78, 5) is 38.9. The third-order valence-corrected chi connectivity index (χ3v) is 4.80. The molecule has 0 radical (unpaired) electrons. The summed E-state index contributed by atoms with van der Waals surface area (Å²) < 4.78 is 0. The second-order valence-electron chi connectivity index (χ2n) is 6.01. The van der Waals surface area contributed by atoms with Gasteiger partial charge < -0.3 is 15.4 Å². The van der Waals surface area contributed by atoms with Crippen LogP contribution in [-0.2, 0) is 4.79 Å². The van der Waals surface area contributed by atoms with Crippen LogP contribution >= 0.6 is 23.2 Å². The topological polar surface area (TPSA) is 111 Å². The number of hydrogen-bond acceptors (Lipinski definition) is 3. The molecule has 0 unspecified atom stereocenters. The summed E-state index contributed by atoms with van der Waals surface area (Å²) in [5, 5.41) is 15.3. The minimum Gasteiger partial charge on any atom is -0.477 e. The van der Waals surface area contributed by atoms with Crippen molar-refractivity contribution in [2.75, 3.05) is 0 Å². The first-order valence-electron chi connectivity index (χ1n) is 8.03. The van der Waals surface area contributed by atoms with Gasteiger partial charge in [0.1, 0.15) is 11.4 Å². The van der Waals surface area contributed by atoms with E-state index >= 15 is 0 Å². The van der Waals surface area contributed by atoms with Crippen LogP contribution in [-0.4, -0.2) is 28.0 Å². The Hall–Kier alpha value is -3.29. The molecule has 1 fully saturated rings. The van der Waals surface area contributed by atoms with E-state index in [1.165, 1.54) is 6.07 Å². The van der Waals surface area contributed by atoms with Gasteiger partial charge in [0.05, 0.1) is 5.02 Å². The summed E-state index contributed by atoms with van der Waals surface area (Å²) >= 11 is 12.4. The molecule has 1 aliphatic heterocycles. The molecule has 0 saturated carbocycles. The summed E-state index contributed by atoms with van der Waals surface area (Å²) in [6, 6.07) is 11.0. The molecule has 0 spiro atoms. The van der Waals surface area contributed by atoms with Gasteiger partial charge in [-0.2, -0.15) is 0 Å².